The number of aromatic nitrogens is 1. The second-order valence-corrected chi connectivity index (χ2v) is 2.44. The van der Waals surface area contributed by atoms with Crippen LogP contribution in [0.25, 0.3) is 0 Å². The van der Waals surface area contributed by atoms with Crippen molar-refractivity contribution >= 4 is 11.5 Å². The molecule has 2 nitrogen and oxygen atoms in total. The fourth-order valence-electron chi connectivity index (χ4n) is 0.419. The lowest BCUT2D eigenvalue weighted by atomic mass is 10.4. The molecular weight excluding hydrogens is 120 g/mol. The van der Waals surface area contributed by atoms with Gasteiger partial charge in [-0.3, -0.25) is 0 Å². The molecule has 0 aliphatic rings. The Bertz CT molecular complexity index is 221. The second-order valence-electron chi connectivity index (χ2n) is 1.43. The molecule has 0 aromatic carbocycles. The summed E-state index contributed by atoms with van der Waals surface area (Å²) < 4.78 is 3.81. The van der Waals surface area contributed by atoms with E-state index in [0.29, 0.717) is 5.69 Å². The highest BCUT2D eigenvalue weighted by Gasteiger charge is 1.91. The van der Waals surface area contributed by atoms with Gasteiger partial charge in [0.25, 0.3) is 0 Å². The molecular formula is C5H4N2S. The fraction of sp³-hybridized carbons (Fsp3) is 0.200. The molecule has 0 saturated carbocycles. The van der Waals surface area contributed by atoms with Crippen LogP contribution in [-0.2, 0) is 0 Å². The van der Waals surface area contributed by atoms with Crippen LogP contribution in [0.2, 0.25) is 0 Å². The molecule has 0 radical (unpaired) electrons. The summed E-state index contributed by atoms with van der Waals surface area (Å²) in [5.41, 5.74) is 0.521. The van der Waals surface area contributed by atoms with Crippen LogP contribution in [0.1, 0.15) is 10.6 Å². The zero-order valence-corrected chi connectivity index (χ0v) is 5.20. The minimum Gasteiger partial charge on any atom is -0.191 e. The molecule has 0 spiro atoms. The zero-order chi connectivity index (χ0) is 5.98. The smallest absolute Gasteiger partial charge is 0.154 e. The van der Waals surface area contributed by atoms with Crippen molar-refractivity contribution in [3.05, 3.63) is 16.6 Å². The molecule has 0 atom stereocenters. The number of nitriles is 1. The van der Waals surface area contributed by atoms with Crippen LogP contribution in [0, 0.1) is 18.3 Å². The SMILES string of the molecule is Cc1cc(C#N)ns1. The molecule has 0 aliphatic carbocycles. The third kappa shape index (κ3) is 0.849. The van der Waals surface area contributed by atoms with E-state index in [9.17, 15) is 0 Å². The van der Waals surface area contributed by atoms with Crippen molar-refractivity contribution in [3.8, 4) is 6.07 Å². The Kier molecular flexibility index (Phi) is 1.27. The fourth-order valence-corrected chi connectivity index (χ4v) is 0.919. The average molecular weight is 124 g/mol. The van der Waals surface area contributed by atoms with Gasteiger partial charge in [0.05, 0.1) is 0 Å². The van der Waals surface area contributed by atoms with Crippen LogP contribution < -0.4 is 0 Å². The number of rotatable bonds is 0. The molecule has 3 heteroatoms. The molecule has 1 aromatic rings. The maximum atomic E-state index is 8.25. The van der Waals surface area contributed by atoms with Crippen molar-refractivity contribution in [1.82, 2.24) is 4.37 Å². The van der Waals surface area contributed by atoms with Crippen molar-refractivity contribution in [2.45, 2.75) is 6.92 Å². The number of hydrogen-bond donors (Lipinski definition) is 0. The molecule has 0 saturated heterocycles. The van der Waals surface area contributed by atoms with E-state index in [1.807, 2.05) is 13.0 Å². The normalized spacial score (nSPS) is 8.50. The molecule has 1 heterocycles. The van der Waals surface area contributed by atoms with E-state index >= 15 is 0 Å². The van der Waals surface area contributed by atoms with E-state index in [-0.39, 0.29) is 0 Å². The lowest BCUT2D eigenvalue weighted by molar-refractivity contribution is 1.41. The van der Waals surface area contributed by atoms with Gasteiger partial charge < -0.3 is 0 Å². The van der Waals surface area contributed by atoms with Crippen LogP contribution in [0.15, 0.2) is 6.07 Å². The summed E-state index contributed by atoms with van der Waals surface area (Å²) in [6.45, 7) is 1.93. The lowest BCUT2D eigenvalue weighted by Gasteiger charge is -1.65. The van der Waals surface area contributed by atoms with E-state index < -0.39 is 0 Å². The molecule has 0 amide bonds. The first kappa shape index (κ1) is 5.26. The Morgan fingerprint density at radius 2 is 2.62 bits per heavy atom. The van der Waals surface area contributed by atoms with E-state index in [4.69, 9.17) is 5.26 Å². The quantitative estimate of drug-likeness (QED) is 0.523. The van der Waals surface area contributed by atoms with Crippen molar-refractivity contribution < 1.29 is 0 Å². The maximum absolute atomic E-state index is 8.25. The number of nitrogens with zero attached hydrogens (tertiary/aromatic N) is 2. The highest BCUT2D eigenvalue weighted by atomic mass is 32.1. The Morgan fingerprint density at radius 3 is 2.88 bits per heavy atom. The highest BCUT2D eigenvalue weighted by molar-refractivity contribution is 7.05. The Hall–Kier alpha value is -0.880. The summed E-state index contributed by atoms with van der Waals surface area (Å²) in [4.78, 5) is 1.08. The van der Waals surface area contributed by atoms with Gasteiger partial charge in [0.2, 0.25) is 0 Å². The minimum atomic E-state index is 0.521. The van der Waals surface area contributed by atoms with Crippen LogP contribution in [0.3, 0.4) is 0 Å². The third-order valence-electron chi connectivity index (χ3n) is 0.743. The molecule has 0 unspecified atom stereocenters. The van der Waals surface area contributed by atoms with E-state index in [2.05, 4.69) is 4.37 Å². The molecule has 40 valence electrons. The van der Waals surface area contributed by atoms with Gasteiger partial charge in [-0.1, -0.05) is 0 Å². The Balaban J connectivity index is 3.05. The number of hydrogen-bond acceptors (Lipinski definition) is 3. The van der Waals surface area contributed by atoms with Gasteiger partial charge in [0, 0.05) is 4.88 Å². The van der Waals surface area contributed by atoms with Crippen LogP contribution in [-0.4, -0.2) is 4.37 Å². The summed E-state index contributed by atoms with van der Waals surface area (Å²) in [6.07, 6.45) is 0. The first-order valence-electron chi connectivity index (χ1n) is 2.16. The predicted octanol–water partition coefficient (Wildman–Crippen LogP) is 1.32. The van der Waals surface area contributed by atoms with Crippen LogP contribution >= 0.6 is 11.5 Å². The predicted molar refractivity (Wildman–Crippen MR) is 31.6 cm³/mol. The topological polar surface area (TPSA) is 36.7 Å². The van der Waals surface area contributed by atoms with Gasteiger partial charge in [-0.15, -0.1) is 0 Å². The van der Waals surface area contributed by atoms with E-state index in [1.165, 1.54) is 11.5 Å². The molecule has 1 rings (SSSR count). The lowest BCUT2D eigenvalue weighted by Crippen LogP contribution is -1.63. The molecule has 0 aliphatic heterocycles. The molecule has 0 N–H and O–H groups in total. The van der Waals surface area contributed by atoms with Crippen molar-refractivity contribution in [1.29, 1.82) is 5.26 Å². The van der Waals surface area contributed by atoms with Crippen LogP contribution in [0.4, 0.5) is 0 Å². The van der Waals surface area contributed by atoms with Crippen molar-refractivity contribution in [3.63, 3.8) is 0 Å². The summed E-state index contributed by atoms with van der Waals surface area (Å²) in [5, 5.41) is 8.25. The largest absolute Gasteiger partial charge is 0.191 e. The molecule has 1 aromatic heterocycles. The third-order valence-corrected chi connectivity index (χ3v) is 1.44. The Morgan fingerprint density at radius 1 is 1.88 bits per heavy atom. The van der Waals surface area contributed by atoms with Gasteiger partial charge in [-0.2, -0.15) is 9.64 Å². The minimum absolute atomic E-state index is 0.521. The van der Waals surface area contributed by atoms with Gasteiger partial charge >= 0.3 is 0 Å². The van der Waals surface area contributed by atoms with Gasteiger partial charge in [0.1, 0.15) is 6.07 Å². The van der Waals surface area contributed by atoms with E-state index in [1.54, 1.807) is 6.07 Å². The van der Waals surface area contributed by atoms with Gasteiger partial charge in [-0.05, 0) is 24.5 Å². The summed E-state index contributed by atoms with van der Waals surface area (Å²) in [5.74, 6) is 0. The highest BCUT2D eigenvalue weighted by Crippen LogP contribution is 2.05. The monoisotopic (exact) mass is 124 g/mol. The first-order chi connectivity index (χ1) is 3.83. The van der Waals surface area contributed by atoms with Crippen LogP contribution in [0.5, 0.6) is 0 Å². The average Bonchev–Trinajstić information content (AvgIpc) is 2.14. The standard InChI is InChI=1S/C5H4N2S/c1-4-2-5(3-6)7-8-4/h2H,1H3. The second kappa shape index (κ2) is 1.93. The van der Waals surface area contributed by atoms with E-state index in [0.717, 1.165) is 4.88 Å². The molecule has 0 bridgehead atoms. The summed E-state index contributed by atoms with van der Waals surface area (Å²) >= 11 is 1.36. The van der Waals surface area contributed by atoms with Gasteiger partial charge in [-0.25, -0.2) is 0 Å². The maximum Gasteiger partial charge on any atom is 0.154 e. The molecule has 0 fully saturated rings. The van der Waals surface area contributed by atoms with Crippen molar-refractivity contribution in [2.75, 3.05) is 0 Å². The summed E-state index contributed by atoms with van der Waals surface area (Å²) in [6, 6.07) is 3.72. The first-order valence-corrected chi connectivity index (χ1v) is 2.93. The van der Waals surface area contributed by atoms with Crippen molar-refractivity contribution in [2.24, 2.45) is 0 Å². The molecule has 8 heavy (non-hydrogen) atoms. The zero-order valence-electron chi connectivity index (χ0n) is 4.38. The Labute approximate surface area is 51.6 Å². The van der Waals surface area contributed by atoms with Gasteiger partial charge in [0.15, 0.2) is 5.69 Å². The number of aryl methyl sites for hydroxylation is 1. The summed E-state index contributed by atoms with van der Waals surface area (Å²) in [7, 11) is 0.